The molecule has 2 N–H and O–H groups in total. The van der Waals surface area contributed by atoms with Crippen molar-refractivity contribution in [3.05, 3.63) is 11.5 Å². The molecule has 0 unspecified atom stereocenters. The normalized spacial score (nSPS) is 9.70. The van der Waals surface area contributed by atoms with E-state index in [9.17, 15) is 0 Å². The molecule has 2 heteroatoms. The number of aliphatic hydroxyl groups excluding tert-OH is 1. The molecule has 0 aromatic heterocycles. The fraction of sp³-hybridized carbons (Fsp3) is 0.750. The SMILES string of the molecule is CC(C)=C(O)NCC(C)C. The Labute approximate surface area is 62.9 Å². The summed E-state index contributed by atoms with van der Waals surface area (Å²) in [6.07, 6.45) is 0. The lowest BCUT2D eigenvalue weighted by molar-refractivity contribution is 0.347. The Balaban J connectivity index is 3.60. The number of nitrogens with one attached hydrogen (secondary N) is 1. The summed E-state index contributed by atoms with van der Waals surface area (Å²) in [7, 11) is 0. The third kappa shape index (κ3) is 4.24. The number of allylic oxidation sites excluding steroid dienone is 1. The Morgan fingerprint density at radius 2 is 1.90 bits per heavy atom. The molecule has 0 aromatic rings. The molecule has 0 aliphatic rings. The van der Waals surface area contributed by atoms with Crippen molar-refractivity contribution in [3.63, 3.8) is 0 Å². The lowest BCUT2D eigenvalue weighted by atomic mass is 10.2. The van der Waals surface area contributed by atoms with Gasteiger partial charge in [-0.15, -0.1) is 0 Å². The summed E-state index contributed by atoms with van der Waals surface area (Å²) >= 11 is 0. The first-order chi connectivity index (χ1) is 4.54. The molecule has 0 heterocycles. The molecule has 2 nitrogen and oxygen atoms in total. The summed E-state index contributed by atoms with van der Waals surface area (Å²) in [6.45, 7) is 8.79. The minimum atomic E-state index is 0.314. The van der Waals surface area contributed by atoms with E-state index in [1.165, 1.54) is 0 Å². The van der Waals surface area contributed by atoms with Crippen LogP contribution in [0.5, 0.6) is 0 Å². The van der Waals surface area contributed by atoms with Crippen LogP contribution in [0.2, 0.25) is 0 Å². The van der Waals surface area contributed by atoms with E-state index in [4.69, 9.17) is 5.11 Å². The van der Waals surface area contributed by atoms with Gasteiger partial charge in [0.25, 0.3) is 0 Å². The molecule has 0 aliphatic heterocycles. The van der Waals surface area contributed by atoms with E-state index in [1.54, 1.807) is 0 Å². The van der Waals surface area contributed by atoms with E-state index >= 15 is 0 Å². The highest BCUT2D eigenvalue weighted by molar-refractivity contribution is 4.98. The minimum Gasteiger partial charge on any atom is -0.495 e. The average Bonchev–Trinajstić information content (AvgIpc) is 1.82. The fourth-order valence-electron chi connectivity index (χ4n) is 0.478. The summed E-state index contributed by atoms with van der Waals surface area (Å²) in [5.74, 6) is 0.884. The van der Waals surface area contributed by atoms with Crippen molar-refractivity contribution in [2.45, 2.75) is 27.7 Å². The van der Waals surface area contributed by atoms with Crippen LogP contribution in [-0.2, 0) is 0 Å². The van der Waals surface area contributed by atoms with Crippen LogP contribution in [-0.4, -0.2) is 11.7 Å². The van der Waals surface area contributed by atoms with E-state index in [-0.39, 0.29) is 0 Å². The Kier molecular flexibility index (Phi) is 3.93. The fourth-order valence-corrected chi connectivity index (χ4v) is 0.478. The van der Waals surface area contributed by atoms with Crippen LogP contribution in [0.25, 0.3) is 0 Å². The highest BCUT2D eigenvalue weighted by atomic mass is 16.3. The van der Waals surface area contributed by atoms with E-state index in [2.05, 4.69) is 19.2 Å². The van der Waals surface area contributed by atoms with Gasteiger partial charge in [0, 0.05) is 6.54 Å². The van der Waals surface area contributed by atoms with Gasteiger partial charge in [-0.3, -0.25) is 0 Å². The van der Waals surface area contributed by atoms with Gasteiger partial charge in [0.15, 0.2) is 5.88 Å². The highest BCUT2D eigenvalue weighted by Gasteiger charge is 1.95. The number of hydrogen-bond donors (Lipinski definition) is 2. The van der Waals surface area contributed by atoms with Crippen LogP contribution in [0.4, 0.5) is 0 Å². The van der Waals surface area contributed by atoms with Crippen LogP contribution >= 0.6 is 0 Å². The van der Waals surface area contributed by atoms with E-state index in [0.29, 0.717) is 11.8 Å². The summed E-state index contributed by atoms with van der Waals surface area (Å²) < 4.78 is 0. The van der Waals surface area contributed by atoms with E-state index < -0.39 is 0 Å². The first-order valence-electron chi connectivity index (χ1n) is 3.64. The van der Waals surface area contributed by atoms with Crippen LogP contribution in [0, 0.1) is 5.92 Å². The third-order valence-electron chi connectivity index (χ3n) is 1.15. The number of hydrogen-bond acceptors (Lipinski definition) is 2. The summed E-state index contributed by atoms with van der Waals surface area (Å²) in [6, 6.07) is 0. The van der Waals surface area contributed by atoms with Gasteiger partial charge < -0.3 is 10.4 Å². The van der Waals surface area contributed by atoms with E-state index in [1.807, 2.05) is 13.8 Å². The summed E-state index contributed by atoms with van der Waals surface area (Å²) in [5.41, 5.74) is 0.931. The maximum atomic E-state index is 9.14. The van der Waals surface area contributed by atoms with Crippen LogP contribution in [0.15, 0.2) is 11.5 Å². The van der Waals surface area contributed by atoms with Crippen LogP contribution in [0.3, 0.4) is 0 Å². The van der Waals surface area contributed by atoms with Gasteiger partial charge in [-0.2, -0.15) is 0 Å². The number of rotatable bonds is 3. The van der Waals surface area contributed by atoms with Gasteiger partial charge in [0.1, 0.15) is 0 Å². The molecule has 0 radical (unpaired) electrons. The molecule has 0 bridgehead atoms. The summed E-state index contributed by atoms with van der Waals surface area (Å²) in [4.78, 5) is 0. The third-order valence-corrected chi connectivity index (χ3v) is 1.15. The van der Waals surface area contributed by atoms with Crippen molar-refractivity contribution >= 4 is 0 Å². The van der Waals surface area contributed by atoms with Gasteiger partial charge in [0.05, 0.1) is 0 Å². The largest absolute Gasteiger partial charge is 0.495 e. The average molecular weight is 143 g/mol. The highest BCUT2D eigenvalue weighted by Crippen LogP contribution is 1.95. The van der Waals surface area contributed by atoms with Crippen LogP contribution in [0.1, 0.15) is 27.7 Å². The molecule has 0 saturated heterocycles. The second-order valence-electron chi connectivity index (χ2n) is 3.12. The first-order valence-corrected chi connectivity index (χ1v) is 3.64. The standard InChI is InChI=1S/C8H17NO/c1-6(2)5-9-8(10)7(3)4/h6,9-10H,5H2,1-4H3. The molecule has 0 rings (SSSR count). The number of aliphatic hydroxyl groups is 1. The molecular weight excluding hydrogens is 126 g/mol. The molecule has 0 fully saturated rings. The quantitative estimate of drug-likeness (QED) is 0.592. The summed E-state index contributed by atoms with van der Waals surface area (Å²) in [5, 5.41) is 12.1. The molecule has 0 aromatic carbocycles. The maximum absolute atomic E-state index is 9.14. The Hall–Kier alpha value is -0.660. The zero-order valence-corrected chi connectivity index (χ0v) is 7.23. The van der Waals surface area contributed by atoms with Gasteiger partial charge in [0.2, 0.25) is 0 Å². The van der Waals surface area contributed by atoms with Crippen molar-refractivity contribution < 1.29 is 5.11 Å². The zero-order chi connectivity index (χ0) is 8.15. The van der Waals surface area contributed by atoms with Gasteiger partial charge >= 0.3 is 0 Å². The van der Waals surface area contributed by atoms with Crippen molar-refractivity contribution in [1.29, 1.82) is 0 Å². The predicted molar refractivity (Wildman–Crippen MR) is 43.8 cm³/mol. The Bertz CT molecular complexity index is 123. The molecule has 0 atom stereocenters. The van der Waals surface area contributed by atoms with Crippen molar-refractivity contribution in [2.75, 3.05) is 6.54 Å². The lowest BCUT2D eigenvalue weighted by Crippen LogP contribution is -2.19. The molecule has 0 spiro atoms. The molecule has 0 amide bonds. The van der Waals surface area contributed by atoms with Crippen LogP contribution < -0.4 is 5.32 Å². The van der Waals surface area contributed by atoms with Crippen molar-refractivity contribution in [2.24, 2.45) is 5.92 Å². The van der Waals surface area contributed by atoms with Gasteiger partial charge in [-0.05, 0) is 25.3 Å². The Morgan fingerprint density at radius 1 is 1.40 bits per heavy atom. The van der Waals surface area contributed by atoms with Gasteiger partial charge in [-0.1, -0.05) is 13.8 Å². The van der Waals surface area contributed by atoms with Crippen molar-refractivity contribution in [3.8, 4) is 0 Å². The predicted octanol–water partition coefficient (Wildman–Crippen LogP) is 2.04. The van der Waals surface area contributed by atoms with Crippen molar-refractivity contribution in [1.82, 2.24) is 5.32 Å². The first kappa shape index (κ1) is 9.34. The second kappa shape index (κ2) is 4.20. The molecular formula is C8H17NO. The minimum absolute atomic E-state index is 0.314. The smallest absolute Gasteiger partial charge is 0.182 e. The molecule has 60 valence electrons. The maximum Gasteiger partial charge on any atom is 0.182 e. The monoisotopic (exact) mass is 143 g/mol. The molecule has 10 heavy (non-hydrogen) atoms. The lowest BCUT2D eigenvalue weighted by Gasteiger charge is -2.08. The van der Waals surface area contributed by atoms with Gasteiger partial charge in [-0.25, -0.2) is 0 Å². The second-order valence-corrected chi connectivity index (χ2v) is 3.12. The Morgan fingerprint density at radius 3 is 2.20 bits per heavy atom. The topological polar surface area (TPSA) is 32.3 Å². The molecule has 0 saturated carbocycles. The van der Waals surface area contributed by atoms with E-state index in [0.717, 1.165) is 12.1 Å². The zero-order valence-electron chi connectivity index (χ0n) is 7.23. The molecule has 0 aliphatic carbocycles.